The first-order valence-electron chi connectivity index (χ1n) is 8.10. The molecule has 0 radical (unpaired) electrons. The number of aromatic nitrogens is 2. The molecule has 138 valence electrons. The maximum absolute atomic E-state index is 6.32. The summed E-state index contributed by atoms with van der Waals surface area (Å²) in [5.41, 5.74) is 10.5. The SMILES string of the molecule is C=Cc1cc(Cl)c(Cl)c(OC)c1-c1ccnc(Nc2c(C)cccc2N)n1. The van der Waals surface area contributed by atoms with E-state index in [2.05, 4.69) is 21.9 Å². The van der Waals surface area contributed by atoms with Gasteiger partial charge in [0.1, 0.15) is 10.8 Å². The number of anilines is 3. The zero-order valence-electron chi connectivity index (χ0n) is 14.9. The van der Waals surface area contributed by atoms with Crippen molar-refractivity contribution in [3.8, 4) is 17.0 Å². The average Bonchev–Trinajstić information content (AvgIpc) is 2.66. The molecule has 0 atom stereocenters. The van der Waals surface area contributed by atoms with Crippen molar-refractivity contribution in [1.29, 1.82) is 0 Å². The maximum Gasteiger partial charge on any atom is 0.227 e. The van der Waals surface area contributed by atoms with Gasteiger partial charge in [-0.25, -0.2) is 9.97 Å². The van der Waals surface area contributed by atoms with Crippen molar-refractivity contribution < 1.29 is 4.74 Å². The van der Waals surface area contributed by atoms with E-state index in [1.807, 2.05) is 25.1 Å². The van der Waals surface area contributed by atoms with E-state index in [-0.39, 0.29) is 0 Å². The zero-order chi connectivity index (χ0) is 19.6. The molecule has 0 amide bonds. The summed E-state index contributed by atoms with van der Waals surface area (Å²) in [6.45, 7) is 5.80. The van der Waals surface area contributed by atoms with Gasteiger partial charge in [-0.1, -0.05) is 48.0 Å². The fraction of sp³-hybridized carbons (Fsp3) is 0.100. The minimum atomic E-state index is 0.316. The van der Waals surface area contributed by atoms with Crippen molar-refractivity contribution in [3.63, 3.8) is 0 Å². The van der Waals surface area contributed by atoms with E-state index < -0.39 is 0 Å². The number of nitrogens with zero attached hydrogens (tertiary/aromatic N) is 2. The summed E-state index contributed by atoms with van der Waals surface area (Å²) < 4.78 is 5.49. The van der Waals surface area contributed by atoms with Crippen LogP contribution in [0.15, 0.2) is 43.1 Å². The van der Waals surface area contributed by atoms with Gasteiger partial charge < -0.3 is 15.8 Å². The number of benzene rings is 2. The van der Waals surface area contributed by atoms with E-state index >= 15 is 0 Å². The number of nitrogen functional groups attached to an aromatic ring is 1. The molecule has 0 unspecified atom stereocenters. The van der Waals surface area contributed by atoms with Crippen LogP contribution in [-0.4, -0.2) is 17.1 Å². The molecule has 7 heteroatoms. The van der Waals surface area contributed by atoms with E-state index in [1.54, 1.807) is 24.4 Å². The summed E-state index contributed by atoms with van der Waals surface area (Å²) in [5, 5.41) is 3.88. The molecular formula is C20H18Cl2N4O. The van der Waals surface area contributed by atoms with Crippen LogP contribution in [0.2, 0.25) is 10.0 Å². The highest BCUT2D eigenvalue weighted by Gasteiger charge is 2.19. The highest BCUT2D eigenvalue weighted by atomic mass is 35.5. The summed E-state index contributed by atoms with van der Waals surface area (Å²) >= 11 is 12.5. The molecule has 3 N–H and O–H groups in total. The number of hydrogen-bond donors (Lipinski definition) is 2. The van der Waals surface area contributed by atoms with Crippen LogP contribution in [0, 0.1) is 6.92 Å². The molecular weight excluding hydrogens is 383 g/mol. The minimum Gasteiger partial charge on any atom is -0.494 e. The Kier molecular flexibility index (Phi) is 5.54. The molecule has 5 nitrogen and oxygen atoms in total. The summed E-state index contributed by atoms with van der Waals surface area (Å²) in [6, 6.07) is 9.16. The van der Waals surface area contributed by atoms with Gasteiger partial charge in [-0.3, -0.25) is 0 Å². The number of nitrogens with two attached hydrogens (primary N) is 1. The number of ether oxygens (including phenoxy) is 1. The Morgan fingerprint density at radius 3 is 2.70 bits per heavy atom. The van der Waals surface area contributed by atoms with Crippen molar-refractivity contribution >= 4 is 46.6 Å². The second-order valence-corrected chi connectivity index (χ2v) is 6.59. The van der Waals surface area contributed by atoms with Crippen LogP contribution in [0.25, 0.3) is 17.3 Å². The molecule has 0 fully saturated rings. The number of para-hydroxylation sites is 1. The predicted octanol–water partition coefficient (Wildman–Crippen LogP) is 5.74. The number of aryl methyl sites for hydroxylation is 1. The molecule has 27 heavy (non-hydrogen) atoms. The van der Waals surface area contributed by atoms with Crippen LogP contribution < -0.4 is 15.8 Å². The third-order valence-corrected chi connectivity index (χ3v) is 4.85. The smallest absolute Gasteiger partial charge is 0.227 e. The summed E-state index contributed by atoms with van der Waals surface area (Å²) in [6.07, 6.45) is 3.32. The average molecular weight is 401 g/mol. The lowest BCUT2D eigenvalue weighted by atomic mass is 10.0. The van der Waals surface area contributed by atoms with Gasteiger partial charge in [0.05, 0.1) is 34.8 Å². The second kappa shape index (κ2) is 7.86. The minimum absolute atomic E-state index is 0.316. The molecule has 1 heterocycles. The third kappa shape index (κ3) is 3.70. The van der Waals surface area contributed by atoms with E-state index in [9.17, 15) is 0 Å². The molecule has 0 aliphatic rings. The Balaban J connectivity index is 2.12. The quantitative estimate of drug-likeness (QED) is 0.534. The lowest BCUT2D eigenvalue weighted by molar-refractivity contribution is 0.416. The topological polar surface area (TPSA) is 73.1 Å². The van der Waals surface area contributed by atoms with E-state index in [1.165, 1.54) is 7.11 Å². The fourth-order valence-corrected chi connectivity index (χ4v) is 3.20. The van der Waals surface area contributed by atoms with Gasteiger partial charge in [-0.05, 0) is 36.2 Å². The second-order valence-electron chi connectivity index (χ2n) is 5.80. The Bertz CT molecular complexity index is 1000. The van der Waals surface area contributed by atoms with Gasteiger partial charge in [0.2, 0.25) is 5.95 Å². The maximum atomic E-state index is 6.32. The van der Waals surface area contributed by atoms with Gasteiger partial charge in [0.15, 0.2) is 0 Å². The van der Waals surface area contributed by atoms with Gasteiger partial charge in [-0.2, -0.15) is 0 Å². The van der Waals surface area contributed by atoms with Crippen LogP contribution in [0.1, 0.15) is 11.1 Å². The lowest BCUT2D eigenvalue weighted by Crippen LogP contribution is -2.03. The summed E-state index contributed by atoms with van der Waals surface area (Å²) in [4.78, 5) is 8.89. The monoisotopic (exact) mass is 400 g/mol. The molecule has 1 aromatic heterocycles. The van der Waals surface area contributed by atoms with Gasteiger partial charge in [-0.15, -0.1) is 0 Å². The first-order chi connectivity index (χ1) is 13.0. The number of halogens is 2. The molecule has 2 aromatic carbocycles. The van der Waals surface area contributed by atoms with Crippen molar-refractivity contribution in [3.05, 3.63) is 64.3 Å². The molecule has 3 rings (SSSR count). The van der Waals surface area contributed by atoms with Crippen molar-refractivity contribution in [2.75, 3.05) is 18.2 Å². The van der Waals surface area contributed by atoms with E-state index in [0.29, 0.717) is 38.7 Å². The number of nitrogens with one attached hydrogen (secondary N) is 1. The molecule has 0 aliphatic heterocycles. The number of hydrogen-bond acceptors (Lipinski definition) is 5. The lowest BCUT2D eigenvalue weighted by Gasteiger charge is -2.16. The third-order valence-electron chi connectivity index (χ3n) is 4.08. The first kappa shape index (κ1) is 19.0. The largest absolute Gasteiger partial charge is 0.494 e. The fourth-order valence-electron chi connectivity index (χ4n) is 2.77. The Labute approximate surface area is 167 Å². The molecule has 0 bridgehead atoms. The predicted molar refractivity (Wildman–Crippen MR) is 113 cm³/mol. The highest BCUT2D eigenvalue weighted by Crippen LogP contribution is 2.43. The summed E-state index contributed by atoms with van der Waals surface area (Å²) in [7, 11) is 1.53. The zero-order valence-corrected chi connectivity index (χ0v) is 16.4. The van der Waals surface area contributed by atoms with Gasteiger partial charge >= 0.3 is 0 Å². The molecule has 3 aromatic rings. The summed E-state index contributed by atoms with van der Waals surface area (Å²) in [5.74, 6) is 0.829. The number of rotatable bonds is 5. The highest BCUT2D eigenvalue weighted by molar-refractivity contribution is 6.43. The Morgan fingerprint density at radius 1 is 1.26 bits per heavy atom. The Hall–Kier alpha value is -2.76. The van der Waals surface area contributed by atoms with Crippen molar-refractivity contribution in [2.45, 2.75) is 6.92 Å². The van der Waals surface area contributed by atoms with Crippen molar-refractivity contribution in [1.82, 2.24) is 9.97 Å². The molecule has 0 aliphatic carbocycles. The van der Waals surface area contributed by atoms with Crippen LogP contribution >= 0.6 is 23.2 Å². The van der Waals surface area contributed by atoms with Crippen LogP contribution in [0.4, 0.5) is 17.3 Å². The van der Waals surface area contributed by atoms with E-state index in [0.717, 1.165) is 16.8 Å². The standard InChI is InChI=1S/C20H18Cl2N4O/c1-4-12-10-13(21)17(22)19(27-3)16(12)15-8-9-24-20(25-15)26-18-11(2)6-5-7-14(18)23/h4-10H,1,23H2,2-3H3,(H,24,25,26). The normalized spacial score (nSPS) is 10.5. The van der Waals surface area contributed by atoms with E-state index in [4.69, 9.17) is 33.7 Å². The molecule has 0 saturated carbocycles. The van der Waals surface area contributed by atoms with Gasteiger partial charge in [0.25, 0.3) is 0 Å². The van der Waals surface area contributed by atoms with Crippen LogP contribution in [-0.2, 0) is 0 Å². The molecule has 0 spiro atoms. The van der Waals surface area contributed by atoms with Crippen molar-refractivity contribution in [2.24, 2.45) is 0 Å². The van der Waals surface area contributed by atoms with Crippen LogP contribution in [0.3, 0.4) is 0 Å². The molecule has 0 saturated heterocycles. The Morgan fingerprint density at radius 2 is 2.04 bits per heavy atom. The number of methoxy groups -OCH3 is 1. The first-order valence-corrected chi connectivity index (χ1v) is 8.85. The van der Waals surface area contributed by atoms with Crippen LogP contribution in [0.5, 0.6) is 5.75 Å². The van der Waals surface area contributed by atoms with Gasteiger partial charge in [0, 0.05) is 6.20 Å².